The minimum absolute atomic E-state index is 0.0764. The molecule has 0 saturated carbocycles. The molecule has 1 heterocycles. The number of hydrogen-bond donors (Lipinski definition) is 1. The number of carboxylic acids is 1. The van der Waals surface area contributed by atoms with Crippen LogP contribution >= 0.6 is 0 Å². The Bertz CT molecular complexity index is 629. The zero-order valence-corrected chi connectivity index (χ0v) is 13.7. The van der Waals surface area contributed by atoms with Crippen molar-refractivity contribution in [3.8, 4) is 0 Å². The van der Waals surface area contributed by atoms with E-state index >= 15 is 0 Å². The van der Waals surface area contributed by atoms with Crippen LogP contribution < -0.4 is 0 Å². The zero-order chi connectivity index (χ0) is 17.1. The Labute approximate surface area is 135 Å². The molecule has 0 unspecified atom stereocenters. The van der Waals surface area contributed by atoms with E-state index in [4.69, 9.17) is 0 Å². The second kappa shape index (κ2) is 6.81. The lowest BCUT2D eigenvalue weighted by Crippen LogP contribution is -2.30. The number of amides is 2. The highest BCUT2D eigenvalue weighted by Gasteiger charge is 2.37. The molecule has 1 aromatic rings. The van der Waals surface area contributed by atoms with Crippen LogP contribution in [0.25, 0.3) is 0 Å². The van der Waals surface area contributed by atoms with Gasteiger partial charge in [-0.25, -0.2) is 0 Å². The molecule has 6 heteroatoms. The summed E-state index contributed by atoms with van der Waals surface area (Å²) in [6, 6.07) is 6.59. The summed E-state index contributed by atoms with van der Waals surface area (Å²) < 4.78 is 0. The molecule has 1 fully saturated rings. The number of likely N-dealkylation sites (tertiary alicyclic amines) is 1. The van der Waals surface area contributed by atoms with Crippen molar-refractivity contribution >= 4 is 17.8 Å². The fraction of sp³-hybridized carbons (Fsp3) is 0.471. The minimum Gasteiger partial charge on any atom is -0.481 e. The van der Waals surface area contributed by atoms with Crippen LogP contribution in [0.4, 0.5) is 0 Å². The Hall–Kier alpha value is -2.37. The normalized spacial score (nSPS) is 20.4. The molecule has 0 aliphatic carbocycles. The van der Waals surface area contributed by atoms with E-state index in [0.29, 0.717) is 24.2 Å². The fourth-order valence-electron chi connectivity index (χ4n) is 2.79. The Morgan fingerprint density at radius 3 is 2.48 bits per heavy atom. The fourth-order valence-corrected chi connectivity index (χ4v) is 2.79. The molecule has 1 aliphatic heterocycles. The highest BCUT2D eigenvalue weighted by atomic mass is 16.4. The van der Waals surface area contributed by atoms with Gasteiger partial charge < -0.3 is 14.9 Å². The van der Waals surface area contributed by atoms with Gasteiger partial charge in [-0.3, -0.25) is 14.4 Å². The summed E-state index contributed by atoms with van der Waals surface area (Å²) in [5, 5.41) is 9.17. The third-order valence-electron chi connectivity index (χ3n) is 4.39. The number of aliphatic carboxylic acids is 1. The molecule has 2 amide bonds. The maximum absolute atomic E-state index is 12.6. The van der Waals surface area contributed by atoms with Crippen LogP contribution in [0.3, 0.4) is 0 Å². The number of nitrogens with zero attached hydrogens (tertiary/aromatic N) is 2. The molecule has 124 valence electrons. The van der Waals surface area contributed by atoms with Gasteiger partial charge in [-0.15, -0.1) is 0 Å². The molecule has 0 radical (unpaired) electrons. The summed E-state index contributed by atoms with van der Waals surface area (Å²) in [6.07, 6.45) is 0. The second-order valence-electron chi connectivity index (χ2n) is 6.03. The molecule has 23 heavy (non-hydrogen) atoms. The molecule has 1 N–H and O–H groups in total. The summed E-state index contributed by atoms with van der Waals surface area (Å²) in [5.41, 5.74) is 0.876. The molecule has 0 spiro atoms. The van der Waals surface area contributed by atoms with Gasteiger partial charge in [-0.05, 0) is 31.0 Å². The first kappa shape index (κ1) is 17.0. The van der Waals surface area contributed by atoms with E-state index < -0.39 is 11.9 Å². The van der Waals surface area contributed by atoms with Crippen LogP contribution in [0.1, 0.15) is 34.6 Å². The number of carbonyl (C=O) groups is 3. The number of carbonyl (C=O) groups excluding carboxylic acids is 2. The summed E-state index contributed by atoms with van der Waals surface area (Å²) in [7, 11) is 1.70. The van der Waals surface area contributed by atoms with E-state index in [-0.39, 0.29) is 24.3 Å². The summed E-state index contributed by atoms with van der Waals surface area (Å²) in [6.45, 7) is 4.93. The molecule has 1 saturated heterocycles. The van der Waals surface area contributed by atoms with Crippen LogP contribution in [0.2, 0.25) is 0 Å². The van der Waals surface area contributed by atoms with E-state index in [1.807, 2.05) is 13.8 Å². The van der Waals surface area contributed by atoms with Crippen molar-refractivity contribution in [3.05, 3.63) is 35.4 Å². The van der Waals surface area contributed by atoms with Crippen molar-refractivity contribution in [1.82, 2.24) is 9.80 Å². The Morgan fingerprint density at radius 2 is 1.91 bits per heavy atom. The minimum atomic E-state index is -0.874. The maximum Gasteiger partial charge on any atom is 0.308 e. The van der Waals surface area contributed by atoms with E-state index in [0.717, 1.165) is 0 Å². The van der Waals surface area contributed by atoms with Crippen LogP contribution in [0.15, 0.2) is 24.3 Å². The molecular formula is C17H22N2O4. The molecule has 6 nitrogen and oxygen atoms in total. The largest absolute Gasteiger partial charge is 0.481 e. The lowest BCUT2D eigenvalue weighted by atomic mass is 9.99. The zero-order valence-electron chi connectivity index (χ0n) is 13.7. The predicted molar refractivity (Wildman–Crippen MR) is 85.3 cm³/mol. The van der Waals surface area contributed by atoms with Crippen molar-refractivity contribution in [3.63, 3.8) is 0 Å². The Morgan fingerprint density at radius 1 is 1.26 bits per heavy atom. The van der Waals surface area contributed by atoms with Gasteiger partial charge in [0, 0.05) is 37.8 Å². The first-order chi connectivity index (χ1) is 10.8. The number of benzene rings is 1. The highest BCUT2D eigenvalue weighted by Crippen LogP contribution is 2.25. The van der Waals surface area contributed by atoms with Gasteiger partial charge in [0.05, 0.1) is 5.92 Å². The van der Waals surface area contributed by atoms with Crippen molar-refractivity contribution in [2.24, 2.45) is 11.8 Å². The van der Waals surface area contributed by atoms with Gasteiger partial charge >= 0.3 is 5.97 Å². The van der Waals surface area contributed by atoms with Gasteiger partial charge in [0.25, 0.3) is 11.8 Å². The average Bonchev–Trinajstić information content (AvgIpc) is 2.94. The lowest BCUT2D eigenvalue weighted by molar-refractivity contribution is -0.142. The Balaban J connectivity index is 2.18. The van der Waals surface area contributed by atoms with Crippen LogP contribution in [0, 0.1) is 11.8 Å². The molecule has 0 aromatic heterocycles. The van der Waals surface area contributed by atoms with E-state index in [1.165, 1.54) is 0 Å². The highest BCUT2D eigenvalue weighted by molar-refractivity contribution is 5.99. The topological polar surface area (TPSA) is 77.9 Å². The van der Waals surface area contributed by atoms with Gasteiger partial charge in [0.2, 0.25) is 0 Å². The van der Waals surface area contributed by atoms with Crippen molar-refractivity contribution in [2.75, 3.05) is 26.7 Å². The maximum atomic E-state index is 12.6. The van der Waals surface area contributed by atoms with Gasteiger partial charge in [-0.2, -0.15) is 0 Å². The van der Waals surface area contributed by atoms with Crippen LogP contribution in [0.5, 0.6) is 0 Å². The molecule has 0 bridgehead atoms. The first-order valence-electron chi connectivity index (χ1n) is 7.72. The van der Waals surface area contributed by atoms with E-state index in [2.05, 4.69) is 0 Å². The lowest BCUT2D eigenvalue weighted by Gasteiger charge is -2.18. The van der Waals surface area contributed by atoms with Crippen LogP contribution in [-0.2, 0) is 4.79 Å². The van der Waals surface area contributed by atoms with E-state index in [9.17, 15) is 19.5 Å². The third kappa shape index (κ3) is 3.52. The predicted octanol–water partition coefficient (Wildman–Crippen LogP) is 1.57. The van der Waals surface area contributed by atoms with Crippen molar-refractivity contribution < 1.29 is 19.5 Å². The van der Waals surface area contributed by atoms with Gasteiger partial charge in [0.1, 0.15) is 0 Å². The number of carboxylic acid groups (broad SMARTS) is 1. The van der Waals surface area contributed by atoms with E-state index in [1.54, 1.807) is 41.1 Å². The second-order valence-corrected chi connectivity index (χ2v) is 6.03. The standard InChI is InChI=1S/C17H22N2O4/c1-4-18(3)15(20)12-6-5-7-13(8-12)16(21)19-9-11(2)14(10-19)17(22)23/h5-8,11,14H,4,9-10H2,1-3H3,(H,22,23)/t11-,14-/m1/s1. The number of hydrogen-bond acceptors (Lipinski definition) is 3. The summed E-state index contributed by atoms with van der Waals surface area (Å²) in [4.78, 5) is 39.1. The molecular weight excluding hydrogens is 296 g/mol. The molecule has 2 atom stereocenters. The number of rotatable bonds is 4. The van der Waals surface area contributed by atoms with Crippen LogP contribution in [-0.4, -0.2) is 59.4 Å². The summed E-state index contributed by atoms with van der Waals surface area (Å²) >= 11 is 0. The monoisotopic (exact) mass is 318 g/mol. The quantitative estimate of drug-likeness (QED) is 0.914. The van der Waals surface area contributed by atoms with Crippen molar-refractivity contribution in [1.29, 1.82) is 0 Å². The van der Waals surface area contributed by atoms with Crippen molar-refractivity contribution in [2.45, 2.75) is 13.8 Å². The molecule has 1 aromatic carbocycles. The SMILES string of the molecule is CCN(C)C(=O)c1cccc(C(=O)N2C[C@@H](C)[C@H](C(=O)O)C2)c1. The molecule has 2 rings (SSSR count). The molecule has 1 aliphatic rings. The average molecular weight is 318 g/mol. The Kier molecular flexibility index (Phi) is 5.03. The van der Waals surface area contributed by atoms with Gasteiger partial charge in [-0.1, -0.05) is 13.0 Å². The van der Waals surface area contributed by atoms with Gasteiger partial charge in [0.15, 0.2) is 0 Å². The third-order valence-corrected chi connectivity index (χ3v) is 4.39. The smallest absolute Gasteiger partial charge is 0.308 e. The summed E-state index contributed by atoms with van der Waals surface area (Å²) in [5.74, 6) is -1.85. The first-order valence-corrected chi connectivity index (χ1v) is 7.72.